The number of rotatable bonds is 4. The van der Waals surface area contributed by atoms with E-state index in [0.29, 0.717) is 6.42 Å². The average molecular weight is 350 g/mol. The molecule has 1 aromatic rings. The predicted octanol–water partition coefficient (Wildman–Crippen LogP) is 1.89. The van der Waals surface area contributed by atoms with Crippen LogP contribution in [0.4, 0.5) is 4.39 Å². The number of hydrogen-bond donors (Lipinski definition) is 0. The number of nitrogens with zero attached hydrogens (tertiary/aromatic N) is 1. The number of carbonyl (C=O) groups is 1. The van der Waals surface area contributed by atoms with E-state index in [1.807, 2.05) is 0 Å². The number of benzene rings is 1. The molecule has 2 rings (SSSR count). The smallest absolute Gasteiger partial charge is 0.263 e. The summed E-state index contributed by atoms with van der Waals surface area (Å²) in [5, 5.41) is 0.0748. The molecule has 1 aromatic carbocycles. The first-order valence-corrected chi connectivity index (χ1v) is 8.98. The van der Waals surface area contributed by atoms with Crippen LogP contribution in [0, 0.1) is 5.82 Å². The molecule has 22 heavy (non-hydrogen) atoms. The van der Waals surface area contributed by atoms with E-state index in [0.717, 1.165) is 6.07 Å². The molecule has 0 aliphatic carbocycles. The fourth-order valence-corrected chi connectivity index (χ4v) is 4.35. The molecule has 0 radical (unpaired) electrons. The molecule has 8 heteroatoms. The Morgan fingerprint density at radius 1 is 1.50 bits per heavy atom. The first-order valence-electron chi connectivity index (χ1n) is 6.78. The third-order valence-corrected chi connectivity index (χ3v) is 5.69. The summed E-state index contributed by atoms with van der Waals surface area (Å²) in [6, 6.07) is 3.29. The van der Waals surface area contributed by atoms with Gasteiger partial charge in [0.25, 0.3) is 5.91 Å². The number of ether oxygens (including phenoxy) is 1. The van der Waals surface area contributed by atoms with E-state index in [1.165, 1.54) is 17.0 Å². The normalized spacial score (nSPS) is 21.4. The fraction of sp³-hybridized carbons (Fsp3) is 0.500. The van der Waals surface area contributed by atoms with Crippen LogP contribution in [0.25, 0.3) is 0 Å². The van der Waals surface area contributed by atoms with Crippen LogP contribution >= 0.6 is 11.6 Å². The summed E-state index contributed by atoms with van der Waals surface area (Å²) in [4.78, 5) is 13.7. The van der Waals surface area contributed by atoms with E-state index in [9.17, 15) is 17.6 Å². The van der Waals surface area contributed by atoms with E-state index >= 15 is 0 Å². The van der Waals surface area contributed by atoms with Gasteiger partial charge in [-0.1, -0.05) is 11.6 Å². The third kappa shape index (κ3) is 3.89. The SMILES string of the molecule is C[C@@H](Oc1ccc(F)cc1Cl)C(=O)N(C)[C@@H]1CCS(=O)(=O)C1. The molecule has 0 N–H and O–H groups in total. The highest BCUT2D eigenvalue weighted by atomic mass is 35.5. The van der Waals surface area contributed by atoms with Gasteiger partial charge in [0.15, 0.2) is 15.9 Å². The van der Waals surface area contributed by atoms with Crippen molar-refractivity contribution in [3.63, 3.8) is 0 Å². The minimum Gasteiger partial charge on any atom is -0.479 e. The van der Waals surface area contributed by atoms with E-state index in [-0.39, 0.29) is 34.2 Å². The van der Waals surface area contributed by atoms with Gasteiger partial charge in [-0.25, -0.2) is 12.8 Å². The van der Waals surface area contributed by atoms with Crippen molar-refractivity contribution in [1.82, 2.24) is 4.90 Å². The number of sulfone groups is 1. The predicted molar refractivity (Wildman–Crippen MR) is 81.3 cm³/mol. The van der Waals surface area contributed by atoms with Crippen molar-refractivity contribution < 1.29 is 22.3 Å². The van der Waals surface area contributed by atoms with Crippen LogP contribution in [0.2, 0.25) is 5.02 Å². The van der Waals surface area contributed by atoms with Crippen LogP contribution in [-0.4, -0.2) is 49.9 Å². The summed E-state index contributed by atoms with van der Waals surface area (Å²) < 4.78 is 41.4. The van der Waals surface area contributed by atoms with Crippen LogP contribution < -0.4 is 4.74 Å². The summed E-state index contributed by atoms with van der Waals surface area (Å²) in [6.07, 6.45) is -0.425. The maximum absolute atomic E-state index is 13.0. The second-order valence-corrected chi connectivity index (χ2v) is 7.98. The zero-order valence-corrected chi connectivity index (χ0v) is 13.8. The van der Waals surface area contributed by atoms with Crippen LogP contribution in [-0.2, 0) is 14.6 Å². The van der Waals surface area contributed by atoms with Gasteiger partial charge in [-0.15, -0.1) is 0 Å². The molecule has 0 aromatic heterocycles. The second-order valence-electron chi connectivity index (χ2n) is 5.34. The number of amides is 1. The van der Waals surface area contributed by atoms with Crippen molar-refractivity contribution in [2.24, 2.45) is 0 Å². The topological polar surface area (TPSA) is 63.7 Å². The number of likely N-dealkylation sites (N-methyl/N-ethyl adjacent to an activating group) is 1. The standard InChI is InChI=1S/C14H17ClFNO4S/c1-9(21-13-4-3-10(16)7-12(13)15)14(18)17(2)11-5-6-22(19,20)8-11/h3-4,7,9,11H,5-6,8H2,1-2H3/t9-,11-/m1/s1. The number of hydrogen-bond acceptors (Lipinski definition) is 4. The molecule has 0 unspecified atom stereocenters. The third-order valence-electron chi connectivity index (χ3n) is 3.65. The molecular weight excluding hydrogens is 333 g/mol. The summed E-state index contributed by atoms with van der Waals surface area (Å²) in [5.74, 6) is -0.573. The van der Waals surface area contributed by atoms with Gasteiger partial charge in [0.05, 0.1) is 16.5 Å². The van der Waals surface area contributed by atoms with Crippen LogP contribution in [0.1, 0.15) is 13.3 Å². The maximum Gasteiger partial charge on any atom is 0.263 e. The molecule has 1 aliphatic rings. The Kier molecular flexibility index (Phi) is 4.97. The Balaban J connectivity index is 2.02. The zero-order chi connectivity index (χ0) is 16.5. The Hall–Kier alpha value is -1.34. The number of carbonyl (C=O) groups excluding carboxylic acids is 1. The molecule has 2 atom stereocenters. The van der Waals surface area contributed by atoms with Gasteiger partial charge in [-0.3, -0.25) is 4.79 Å². The van der Waals surface area contributed by atoms with Crippen molar-refractivity contribution in [2.45, 2.75) is 25.5 Å². The Bertz CT molecular complexity index is 679. The number of halogens is 2. The van der Waals surface area contributed by atoms with Crippen molar-refractivity contribution in [3.8, 4) is 5.75 Å². The first kappa shape index (κ1) is 17.0. The lowest BCUT2D eigenvalue weighted by molar-refractivity contribution is -0.138. The molecule has 0 saturated carbocycles. The minimum atomic E-state index is -3.07. The van der Waals surface area contributed by atoms with Crippen LogP contribution in [0.3, 0.4) is 0 Å². The van der Waals surface area contributed by atoms with Crippen molar-refractivity contribution in [1.29, 1.82) is 0 Å². The van der Waals surface area contributed by atoms with Crippen molar-refractivity contribution in [3.05, 3.63) is 29.0 Å². The van der Waals surface area contributed by atoms with Gasteiger partial charge in [-0.05, 0) is 31.5 Å². The fourth-order valence-electron chi connectivity index (χ4n) is 2.36. The quantitative estimate of drug-likeness (QED) is 0.832. The Morgan fingerprint density at radius 2 is 2.18 bits per heavy atom. The molecule has 0 spiro atoms. The van der Waals surface area contributed by atoms with Crippen LogP contribution in [0.5, 0.6) is 5.75 Å². The van der Waals surface area contributed by atoms with E-state index in [2.05, 4.69) is 0 Å². The highest BCUT2D eigenvalue weighted by molar-refractivity contribution is 7.91. The summed E-state index contributed by atoms with van der Waals surface area (Å²) in [5.41, 5.74) is 0. The van der Waals surface area contributed by atoms with Crippen molar-refractivity contribution in [2.75, 3.05) is 18.6 Å². The largest absolute Gasteiger partial charge is 0.479 e. The molecule has 1 heterocycles. The van der Waals surface area contributed by atoms with Gasteiger partial charge < -0.3 is 9.64 Å². The highest BCUT2D eigenvalue weighted by Crippen LogP contribution is 2.26. The maximum atomic E-state index is 13.0. The van der Waals surface area contributed by atoms with E-state index < -0.39 is 21.8 Å². The van der Waals surface area contributed by atoms with Crippen molar-refractivity contribution >= 4 is 27.3 Å². The van der Waals surface area contributed by atoms with E-state index in [1.54, 1.807) is 14.0 Å². The molecule has 1 amide bonds. The minimum absolute atomic E-state index is 0.0285. The highest BCUT2D eigenvalue weighted by Gasteiger charge is 2.34. The van der Waals surface area contributed by atoms with Gasteiger partial charge in [0.2, 0.25) is 0 Å². The van der Waals surface area contributed by atoms with Gasteiger partial charge in [-0.2, -0.15) is 0 Å². The molecule has 122 valence electrons. The zero-order valence-electron chi connectivity index (χ0n) is 12.3. The Labute approximate surface area is 133 Å². The van der Waals surface area contributed by atoms with Gasteiger partial charge in [0.1, 0.15) is 11.6 Å². The first-order chi connectivity index (χ1) is 10.2. The van der Waals surface area contributed by atoms with E-state index in [4.69, 9.17) is 16.3 Å². The lowest BCUT2D eigenvalue weighted by Gasteiger charge is -2.27. The average Bonchev–Trinajstić information content (AvgIpc) is 2.80. The molecule has 1 fully saturated rings. The lowest BCUT2D eigenvalue weighted by atomic mass is 10.2. The second kappa shape index (κ2) is 6.42. The molecular formula is C14H17ClFNO4S. The summed E-state index contributed by atoms with van der Waals surface area (Å²) >= 11 is 5.85. The van der Waals surface area contributed by atoms with Crippen LogP contribution in [0.15, 0.2) is 18.2 Å². The molecule has 1 saturated heterocycles. The molecule has 5 nitrogen and oxygen atoms in total. The molecule has 0 bridgehead atoms. The summed E-state index contributed by atoms with van der Waals surface area (Å²) in [7, 11) is -1.51. The molecule has 1 aliphatic heterocycles. The lowest BCUT2D eigenvalue weighted by Crippen LogP contribution is -2.44. The van der Waals surface area contributed by atoms with Gasteiger partial charge in [0, 0.05) is 13.1 Å². The monoisotopic (exact) mass is 349 g/mol. The summed E-state index contributed by atoms with van der Waals surface area (Å²) in [6.45, 7) is 1.54. The van der Waals surface area contributed by atoms with Gasteiger partial charge >= 0.3 is 0 Å². The Morgan fingerprint density at radius 3 is 2.73 bits per heavy atom.